The third kappa shape index (κ3) is 1.48. The van der Waals surface area contributed by atoms with E-state index in [0.29, 0.717) is 6.04 Å². The Labute approximate surface area is 97.4 Å². The average molecular weight is 222 g/mol. The maximum atomic E-state index is 11.7. The lowest BCUT2D eigenvalue weighted by atomic mass is 9.54. The predicted octanol–water partition coefficient (Wildman–Crippen LogP) is 1.23. The smallest absolute Gasteiger partial charge is 0.236 e. The van der Waals surface area contributed by atoms with Gasteiger partial charge in [0.25, 0.3) is 0 Å². The van der Waals surface area contributed by atoms with Crippen molar-refractivity contribution >= 4 is 5.91 Å². The summed E-state index contributed by atoms with van der Waals surface area (Å²) in [6, 6.07) is 0.504. The Kier molecular flexibility index (Phi) is 2.46. The fourth-order valence-corrected chi connectivity index (χ4v) is 4.84. The first-order chi connectivity index (χ1) is 7.69. The van der Waals surface area contributed by atoms with Crippen molar-refractivity contribution in [1.29, 1.82) is 0 Å². The summed E-state index contributed by atoms with van der Waals surface area (Å²) >= 11 is 0. The van der Waals surface area contributed by atoms with Gasteiger partial charge in [-0.05, 0) is 55.8 Å². The minimum atomic E-state index is 0.123. The van der Waals surface area contributed by atoms with Gasteiger partial charge in [-0.25, -0.2) is 0 Å². The molecule has 4 bridgehead atoms. The monoisotopic (exact) mass is 222 g/mol. The molecule has 0 aliphatic heterocycles. The van der Waals surface area contributed by atoms with Crippen LogP contribution in [0.3, 0.4) is 0 Å². The van der Waals surface area contributed by atoms with E-state index in [4.69, 9.17) is 5.73 Å². The Morgan fingerprint density at radius 3 is 2.06 bits per heavy atom. The zero-order valence-electron chi connectivity index (χ0n) is 10.1. The van der Waals surface area contributed by atoms with E-state index in [1.54, 1.807) is 0 Å². The quantitative estimate of drug-likeness (QED) is 0.764. The number of carbonyl (C=O) groups excluding carboxylic acids is 1. The van der Waals surface area contributed by atoms with Crippen LogP contribution in [0, 0.1) is 23.7 Å². The lowest BCUT2D eigenvalue weighted by Gasteiger charge is -2.56. The van der Waals surface area contributed by atoms with E-state index < -0.39 is 0 Å². The van der Waals surface area contributed by atoms with Crippen LogP contribution >= 0.6 is 0 Å². The molecule has 4 aliphatic rings. The summed E-state index contributed by atoms with van der Waals surface area (Å²) in [4.78, 5) is 13.7. The molecule has 0 heterocycles. The van der Waals surface area contributed by atoms with Crippen LogP contribution in [0.2, 0.25) is 0 Å². The Morgan fingerprint density at radius 2 is 1.62 bits per heavy atom. The molecule has 0 spiro atoms. The number of hydrogen-bond acceptors (Lipinski definition) is 2. The molecule has 0 atom stereocenters. The summed E-state index contributed by atoms with van der Waals surface area (Å²) in [5, 5.41) is 0. The lowest BCUT2D eigenvalue weighted by Crippen LogP contribution is -2.57. The highest BCUT2D eigenvalue weighted by Crippen LogP contribution is 2.54. The Hall–Kier alpha value is -0.570. The summed E-state index contributed by atoms with van der Waals surface area (Å²) in [6.07, 6.45) is 6.91. The molecule has 16 heavy (non-hydrogen) atoms. The Balaban J connectivity index is 1.78. The molecule has 2 N–H and O–H groups in total. The normalized spacial score (nSPS) is 44.8. The fourth-order valence-electron chi connectivity index (χ4n) is 4.84. The maximum absolute atomic E-state index is 11.7. The van der Waals surface area contributed by atoms with Crippen molar-refractivity contribution in [3.8, 4) is 0 Å². The molecule has 0 radical (unpaired) electrons. The fraction of sp³-hybridized carbons (Fsp3) is 0.923. The lowest BCUT2D eigenvalue weighted by molar-refractivity contribution is -0.139. The Bertz CT molecular complexity index is 274. The highest BCUT2D eigenvalue weighted by molar-refractivity contribution is 5.78. The van der Waals surface area contributed by atoms with Crippen molar-refractivity contribution in [2.24, 2.45) is 29.4 Å². The van der Waals surface area contributed by atoms with Crippen LogP contribution in [0.25, 0.3) is 0 Å². The standard InChI is InChI=1S/C13H22N2O/c1-15(12(16)7-14)13-10-3-8-2-9(5-10)6-11(13)4-8/h8-11,13H,2-7,14H2,1H3. The number of nitrogens with two attached hydrogens (primary N) is 1. The van der Waals surface area contributed by atoms with Gasteiger partial charge < -0.3 is 10.6 Å². The molecule has 4 fully saturated rings. The predicted molar refractivity (Wildman–Crippen MR) is 62.7 cm³/mol. The van der Waals surface area contributed by atoms with Gasteiger partial charge in [-0.15, -0.1) is 0 Å². The zero-order chi connectivity index (χ0) is 11.3. The van der Waals surface area contributed by atoms with E-state index in [1.807, 2.05) is 11.9 Å². The second-order valence-electron chi connectivity index (χ2n) is 6.13. The number of hydrogen-bond donors (Lipinski definition) is 1. The second kappa shape index (κ2) is 3.73. The van der Waals surface area contributed by atoms with Gasteiger partial charge in [0.2, 0.25) is 5.91 Å². The third-order valence-electron chi connectivity index (χ3n) is 5.19. The average Bonchev–Trinajstić information content (AvgIpc) is 2.26. The van der Waals surface area contributed by atoms with E-state index in [2.05, 4.69) is 0 Å². The van der Waals surface area contributed by atoms with Gasteiger partial charge in [0.05, 0.1) is 6.54 Å². The van der Waals surface area contributed by atoms with Gasteiger partial charge in [0.15, 0.2) is 0 Å². The number of likely N-dealkylation sites (N-methyl/N-ethyl adjacent to an activating group) is 1. The third-order valence-corrected chi connectivity index (χ3v) is 5.19. The molecule has 0 aromatic rings. The first-order valence-electron chi connectivity index (χ1n) is 6.64. The highest BCUT2D eigenvalue weighted by atomic mass is 16.2. The minimum Gasteiger partial charge on any atom is -0.341 e. The zero-order valence-corrected chi connectivity index (χ0v) is 10.1. The summed E-state index contributed by atoms with van der Waals surface area (Å²) in [5.41, 5.74) is 5.47. The van der Waals surface area contributed by atoms with Crippen molar-refractivity contribution in [2.75, 3.05) is 13.6 Å². The van der Waals surface area contributed by atoms with Crippen LogP contribution in [0.1, 0.15) is 32.1 Å². The topological polar surface area (TPSA) is 46.3 Å². The van der Waals surface area contributed by atoms with E-state index in [-0.39, 0.29) is 12.5 Å². The SMILES string of the molecule is CN(C(=O)CN)C1C2CC3CC(C2)CC1C3. The highest BCUT2D eigenvalue weighted by Gasteiger charge is 2.50. The van der Waals surface area contributed by atoms with Crippen LogP contribution in [-0.4, -0.2) is 30.4 Å². The number of nitrogens with zero attached hydrogens (tertiary/aromatic N) is 1. The maximum Gasteiger partial charge on any atom is 0.236 e. The molecule has 4 saturated carbocycles. The largest absolute Gasteiger partial charge is 0.341 e. The van der Waals surface area contributed by atoms with Crippen molar-refractivity contribution in [3.63, 3.8) is 0 Å². The van der Waals surface area contributed by atoms with Crippen LogP contribution in [0.4, 0.5) is 0 Å². The van der Waals surface area contributed by atoms with E-state index in [9.17, 15) is 4.79 Å². The van der Waals surface area contributed by atoms with E-state index >= 15 is 0 Å². The molecule has 0 aromatic heterocycles. The molecule has 4 aliphatic carbocycles. The van der Waals surface area contributed by atoms with Crippen LogP contribution in [0.5, 0.6) is 0 Å². The van der Waals surface area contributed by atoms with Gasteiger partial charge in [-0.3, -0.25) is 4.79 Å². The van der Waals surface area contributed by atoms with Gasteiger partial charge >= 0.3 is 0 Å². The number of rotatable bonds is 2. The molecule has 0 unspecified atom stereocenters. The Morgan fingerprint density at radius 1 is 1.12 bits per heavy atom. The van der Waals surface area contributed by atoms with Crippen molar-refractivity contribution in [1.82, 2.24) is 4.90 Å². The van der Waals surface area contributed by atoms with Crippen molar-refractivity contribution in [3.05, 3.63) is 0 Å². The van der Waals surface area contributed by atoms with Gasteiger partial charge in [0.1, 0.15) is 0 Å². The van der Waals surface area contributed by atoms with E-state index in [1.165, 1.54) is 32.1 Å². The molecule has 3 heteroatoms. The molecule has 90 valence electrons. The van der Waals surface area contributed by atoms with E-state index in [0.717, 1.165) is 23.7 Å². The number of amides is 1. The van der Waals surface area contributed by atoms with Crippen LogP contribution in [0.15, 0.2) is 0 Å². The summed E-state index contributed by atoms with van der Waals surface area (Å²) < 4.78 is 0. The number of carbonyl (C=O) groups is 1. The summed E-state index contributed by atoms with van der Waals surface area (Å²) in [6.45, 7) is 0.166. The minimum absolute atomic E-state index is 0.123. The molecule has 3 nitrogen and oxygen atoms in total. The van der Waals surface area contributed by atoms with Gasteiger partial charge in [-0.2, -0.15) is 0 Å². The molecular formula is C13H22N2O. The molecule has 0 saturated heterocycles. The second-order valence-corrected chi connectivity index (χ2v) is 6.13. The van der Waals surface area contributed by atoms with Crippen molar-refractivity contribution < 1.29 is 4.79 Å². The van der Waals surface area contributed by atoms with Gasteiger partial charge in [0, 0.05) is 13.1 Å². The molecule has 0 aromatic carbocycles. The summed E-state index contributed by atoms with van der Waals surface area (Å²) in [5.74, 6) is 3.62. The van der Waals surface area contributed by atoms with Crippen molar-refractivity contribution in [2.45, 2.75) is 38.1 Å². The first-order valence-corrected chi connectivity index (χ1v) is 6.64. The molecular weight excluding hydrogens is 200 g/mol. The molecule has 4 rings (SSSR count). The van der Waals surface area contributed by atoms with Crippen LogP contribution < -0.4 is 5.73 Å². The van der Waals surface area contributed by atoms with Gasteiger partial charge in [-0.1, -0.05) is 0 Å². The summed E-state index contributed by atoms with van der Waals surface area (Å²) in [7, 11) is 1.96. The molecule has 1 amide bonds. The van der Waals surface area contributed by atoms with Crippen LogP contribution in [-0.2, 0) is 4.79 Å². The first kappa shape index (κ1) is 10.6.